The number of hydrazone groups is 1. The van der Waals surface area contributed by atoms with Crippen molar-refractivity contribution >= 4 is 28.1 Å². The normalized spacial score (nSPS) is 11.3. The zero-order valence-corrected chi connectivity index (χ0v) is 18.1. The molecule has 0 aromatic heterocycles. The summed E-state index contributed by atoms with van der Waals surface area (Å²) in [6.07, 6.45) is 1.46. The number of ether oxygens (including phenoxy) is 2. The van der Waals surface area contributed by atoms with Crippen LogP contribution in [0.1, 0.15) is 16.7 Å². The summed E-state index contributed by atoms with van der Waals surface area (Å²) in [5.41, 5.74) is 2.10. The van der Waals surface area contributed by atoms with E-state index in [0.29, 0.717) is 32.7 Å². The summed E-state index contributed by atoms with van der Waals surface area (Å²) in [5.74, 6) is 0.416. The van der Waals surface area contributed by atoms with Gasteiger partial charge in [-0.05, 0) is 39.2 Å². The molecule has 0 atom stereocenters. The fourth-order valence-corrected chi connectivity index (χ4v) is 3.42. The lowest BCUT2D eigenvalue weighted by atomic mass is 9.85. The first-order chi connectivity index (χ1) is 14.5. The van der Waals surface area contributed by atoms with Gasteiger partial charge in [0, 0.05) is 10.0 Å². The number of rotatable bonds is 7. The molecule has 0 saturated carbocycles. The van der Waals surface area contributed by atoms with Crippen LogP contribution in [-0.2, 0) is 10.4 Å². The molecular formula is C23H21BrN2O4. The van der Waals surface area contributed by atoms with Crippen LogP contribution in [0.25, 0.3) is 0 Å². The fraction of sp³-hybridized carbons (Fsp3) is 0.130. The molecule has 3 aromatic carbocycles. The lowest BCUT2D eigenvalue weighted by molar-refractivity contribution is -0.136. The van der Waals surface area contributed by atoms with Gasteiger partial charge in [-0.1, -0.05) is 60.7 Å². The second kappa shape index (κ2) is 9.56. The van der Waals surface area contributed by atoms with Crippen LogP contribution in [0.3, 0.4) is 0 Å². The average molecular weight is 469 g/mol. The van der Waals surface area contributed by atoms with Gasteiger partial charge in [-0.2, -0.15) is 5.10 Å². The predicted octanol–water partition coefficient (Wildman–Crippen LogP) is 3.85. The van der Waals surface area contributed by atoms with E-state index in [1.54, 1.807) is 67.8 Å². The second-order valence-corrected chi connectivity index (χ2v) is 7.22. The molecule has 6 nitrogen and oxygen atoms in total. The minimum absolute atomic E-state index is 0.441. The number of halogens is 1. The van der Waals surface area contributed by atoms with Gasteiger partial charge in [-0.3, -0.25) is 4.79 Å². The molecule has 0 heterocycles. The van der Waals surface area contributed by atoms with Gasteiger partial charge in [0.25, 0.3) is 5.91 Å². The number of benzene rings is 3. The highest BCUT2D eigenvalue weighted by Gasteiger charge is 2.39. The molecule has 0 unspecified atom stereocenters. The standard InChI is InChI=1S/C23H21BrN2O4/c1-29-20-13-16(19(24)14-21(20)30-2)15-25-26-22(27)23(28,17-9-5-3-6-10-17)18-11-7-4-8-12-18/h3-15,28H,1-2H3,(H,26,27)/b25-15-. The van der Waals surface area contributed by atoms with Crippen LogP contribution in [0.4, 0.5) is 0 Å². The van der Waals surface area contributed by atoms with E-state index in [-0.39, 0.29) is 0 Å². The number of aliphatic hydroxyl groups is 1. The van der Waals surface area contributed by atoms with E-state index in [9.17, 15) is 9.90 Å². The molecule has 0 radical (unpaired) electrons. The SMILES string of the molecule is COc1cc(Br)c(/C=N\NC(=O)C(O)(c2ccccc2)c2ccccc2)cc1OC. The average Bonchev–Trinajstić information content (AvgIpc) is 2.80. The third-order valence-electron chi connectivity index (χ3n) is 4.58. The first kappa shape index (κ1) is 21.5. The van der Waals surface area contributed by atoms with E-state index in [2.05, 4.69) is 26.5 Å². The van der Waals surface area contributed by atoms with E-state index in [0.717, 1.165) is 0 Å². The van der Waals surface area contributed by atoms with Crippen molar-refractivity contribution < 1.29 is 19.4 Å². The van der Waals surface area contributed by atoms with Gasteiger partial charge >= 0.3 is 0 Å². The van der Waals surface area contributed by atoms with Crippen molar-refractivity contribution in [3.8, 4) is 11.5 Å². The smallest absolute Gasteiger partial charge is 0.281 e. The van der Waals surface area contributed by atoms with Crippen LogP contribution in [0.5, 0.6) is 11.5 Å². The molecule has 2 N–H and O–H groups in total. The van der Waals surface area contributed by atoms with Crippen molar-refractivity contribution in [1.82, 2.24) is 5.43 Å². The molecule has 0 bridgehead atoms. The van der Waals surface area contributed by atoms with Gasteiger partial charge in [0.05, 0.1) is 20.4 Å². The Kier molecular flexibility index (Phi) is 6.87. The Labute approximate surface area is 183 Å². The van der Waals surface area contributed by atoms with Crippen molar-refractivity contribution in [3.05, 3.63) is 94.0 Å². The Hall–Kier alpha value is -3.16. The van der Waals surface area contributed by atoms with Crippen LogP contribution in [0.2, 0.25) is 0 Å². The highest BCUT2D eigenvalue weighted by molar-refractivity contribution is 9.10. The quantitative estimate of drug-likeness (QED) is 0.407. The lowest BCUT2D eigenvalue weighted by Gasteiger charge is -2.27. The molecule has 0 fully saturated rings. The summed E-state index contributed by atoms with van der Waals surface area (Å²) >= 11 is 3.44. The van der Waals surface area contributed by atoms with Gasteiger partial charge in [-0.25, -0.2) is 5.43 Å². The number of carbonyl (C=O) groups is 1. The van der Waals surface area contributed by atoms with Gasteiger partial charge in [0.2, 0.25) is 0 Å². The van der Waals surface area contributed by atoms with Crippen molar-refractivity contribution in [2.75, 3.05) is 14.2 Å². The Bertz CT molecular complexity index is 1000. The van der Waals surface area contributed by atoms with E-state index in [1.807, 2.05) is 12.1 Å². The molecule has 0 aliphatic carbocycles. The minimum atomic E-state index is -1.89. The van der Waals surface area contributed by atoms with Crippen molar-refractivity contribution in [1.29, 1.82) is 0 Å². The predicted molar refractivity (Wildman–Crippen MR) is 119 cm³/mol. The number of hydrogen-bond donors (Lipinski definition) is 2. The Morgan fingerprint density at radius 2 is 1.47 bits per heavy atom. The molecule has 1 amide bonds. The van der Waals surface area contributed by atoms with Crippen molar-refractivity contribution in [3.63, 3.8) is 0 Å². The zero-order valence-electron chi connectivity index (χ0n) is 16.5. The number of methoxy groups -OCH3 is 2. The molecule has 0 saturated heterocycles. The highest BCUT2D eigenvalue weighted by Crippen LogP contribution is 2.33. The fourth-order valence-electron chi connectivity index (χ4n) is 3.00. The molecule has 0 aliphatic heterocycles. The van der Waals surface area contributed by atoms with Crippen LogP contribution >= 0.6 is 15.9 Å². The van der Waals surface area contributed by atoms with E-state index >= 15 is 0 Å². The molecule has 0 spiro atoms. The third kappa shape index (κ3) is 4.37. The number of amides is 1. The van der Waals surface area contributed by atoms with Crippen LogP contribution in [-0.4, -0.2) is 31.4 Å². The maximum absolute atomic E-state index is 13.0. The van der Waals surface area contributed by atoms with Crippen LogP contribution in [0.15, 0.2) is 82.4 Å². The number of nitrogens with one attached hydrogen (secondary N) is 1. The summed E-state index contributed by atoms with van der Waals surface area (Å²) in [7, 11) is 3.08. The maximum atomic E-state index is 13.0. The summed E-state index contributed by atoms with van der Waals surface area (Å²) in [6, 6.07) is 20.9. The first-order valence-corrected chi connectivity index (χ1v) is 9.88. The van der Waals surface area contributed by atoms with E-state index < -0.39 is 11.5 Å². The first-order valence-electron chi connectivity index (χ1n) is 9.09. The third-order valence-corrected chi connectivity index (χ3v) is 5.27. The van der Waals surface area contributed by atoms with Crippen LogP contribution in [0, 0.1) is 0 Å². The summed E-state index contributed by atoms with van der Waals surface area (Å²) in [6.45, 7) is 0. The molecule has 0 aliphatic rings. The minimum Gasteiger partial charge on any atom is -0.493 e. The van der Waals surface area contributed by atoms with Gasteiger partial charge < -0.3 is 14.6 Å². The summed E-state index contributed by atoms with van der Waals surface area (Å²) in [5, 5.41) is 15.4. The molecule has 3 rings (SSSR count). The molecule has 3 aromatic rings. The van der Waals surface area contributed by atoms with Crippen LogP contribution < -0.4 is 14.9 Å². The second-order valence-electron chi connectivity index (χ2n) is 6.37. The number of carbonyl (C=O) groups excluding carboxylic acids is 1. The molecule has 30 heavy (non-hydrogen) atoms. The molecule has 154 valence electrons. The maximum Gasteiger partial charge on any atom is 0.281 e. The lowest BCUT2D eigenvalue weighted by Crippen LogP contribution is -2.43. The van der Waals surface area contributed by atoms with E-state index in [1.165, 1.54) is 13.3 Å². The largest absolute Gasteiger partial charge is 0.493 e. The zero-order chi connectivity index (χ0) is 21.6. The summed E-state index contributed by atoms with van der Waals surface area (Å²) < 4.78 is 11.3. The van der Waals surface area contributed by atoms with Gasteiger partial charge in [0.15, 0.2) is 17.1 Å². The number of nitrogens with zero attached hydrogens (tertiary/aromatic N) is 1. The van der Waals surface area contributed by atoms with Gasteiger partial charge in [-0.15, -0.1) is 0 Å². The summed E-state index contributed by atoms with van der Waals surface area (Å²) in [4.78, 5) is 13.0. The monoisotopic (exact) mass is 468 g/mol. The Morgan fingerprint density at radius 3 is 1.97 bits per heavy atom. The van der Waals surface area contributed by atoms with Gasteiger partial charge in [0.1, 0.15) is 0 Å². The molecule has 7 heteroatoms. The highest BCUT2D eigenvalue weighted by atomic mass is 79.9. The van der Waals surface area contributed by atoms with Crippen molar-refractivity contribution in [2.45, 2.75) is 5.60 Å². The van der Waals surface area contributed by atoms with Crippen molar-refractivity contribution in [2.24, 2.45) is 5.10 Å². The Morgan fingerprint density at radius 1 is 0.967 bits per heavy atom. The number of hydrogen-bond acceptors (Lipinski definition) is 5. The van der Waals surface area contributed by atoms with E-state index in [4.69, 9.17) is 9.47 Å². The topological polar surface area (TPSA) is 80.2 Å². The Balaban J connectivity index is 1.89. The molecular weight excluding hydrogens is 448 g/mol.